The number of rotatable bonds is 2. The summed E-state index contributed by atoms with van der Waals surface area (Å²) in [5.41, 5.74) is 8.39. The van der Waals surface area contributed by atoms with Gasteiger partial charge in [-0.15, -0.1) is 0 Å². The van der Waals surface area contributed by atoms with Crippen molar-refractivity contribution in [3.63, 3.8) is 0 Å². The lowest BCUT2D eigenvalue weighted by molar-refractivity contribution is 0.540. The predicted octanol–water partition coefficient (Wildman–Crippen LogP) is 1.45. The molecule has 0 fully saturated rings. The summed E-state index contributed by atoms with van der Waals surface area (Å²) in [5, 5.41) is 0. The van der Waals surface area contributed by atoms with Gasteiger partial charge in [-0.05, 0) is 26.7 Å². The van der Waals surface area contributed by atoms with Gasteiger partial charge in [-0.25, -0.2) is 4.98 Å². The van der Waals surface area contributed by atoms with Crippen molar-refractivity contribution in [2.24, 2.45) is 5.73 Å². The summed E-state index contributed by atoms with van der Waals surface area (Å²) in [4.78, 5) is 4.42. The highest BCUT2D eigenvalue weighted by Gasteiger charge is 2.26. The minimum absolute atomic E-state index is 0.503. The summed E-state index contributed by atoms with van der Waals surface area (Å²) >= 11 is 0. The van der Waals surface area contributed by atoms with Crippen LogP contribution in [0.3, 0.4) is 0 Å². The van der Waals surface area contributed by atoms with E-state index in [9.17, 15) is 0 Å². The van der Waals surface area contributed by atoms with Gasteiger partial charge in [0.25, 0.3) is 0 Å². The summed E-state index contributed by atoms with van der Waals surface area (Å²) < 4.78 is 2.26. The Morgan fingerprint density at radius 2 is 2.46 bits per heavy atom. The first-order valence-corrected chi connectivity index (χ1v) is 4.99. The third-order valence-corrected chi connectivity index (χ3v) is 2.87. The molecule has 0 spiro atoms. The smallest absolute Gasteiger partial charge is 0.0954 e. The van der Waals surface area contributed by atoms with Crippen LogP contribution < -0.4 is 5.73 Å². The number of aryl methyl sites for hydroxylation is 1. The molecule has 72 valence electrons. The van der Waals surface area contributed by atoms with Crippen LogP contribution in [-0.2, 0) is 6.42 Å². The lowest BCUT2D eigenvalue weighted by atomic mass is 10.1. The number of hydrogen-bond acceptors (Lipinski definition) is 2. The van der Waals surface area contributed by atoms with Crippen molar-refractivity contribution in [1.82, 2.24) is 9.55 Å². The summed E-state index contributed by atoms with van der Waals surface area (Å²) in [6.45, 7) is 5.13. The van der Waals surface area contributed by atoms with Gasteiger partial charge in [-0.1, -0.05) is 0 Å². The lowest BCUT2D eigenvalue weighted by Crippen LogP contribution is -2.14. The van der Waals surface area contributed by atoms with Gasteiger partial charge in [0.05, 0.1) is 12.0 Å². The Morgan fingerprint density at radius 1 is 1.69 bits per heavy atom. The maximum absolute atomic E-state index is 5.74. The second-order valence-electron chi connectivity index (χ2n) is 4.05. The zero-order chi connectivity index (χ0) is 9.42. The molecular weight excluding hydrogens is 162 g/mol. The molecule has 1 aliphatic rings. The Hall–Kier alpha value is -0.830. The van der Waals surface area contributed by atoms with Gasteiger partial charge in [0, 0.05) is 24.2 Å². The summed E-state index contributed by atoms with van der Waals surface area (Å²) in [6, 6.07) is 0.503. The second kappa shape index (κ2) is 3.14. The first-order chi connectivity index (χ1) is 6.24. The van der Waals surface area contributed by atoms with Gasteiger partial charge >= 0.3 is 0 Å². The Labute approximate surface area is 79.0 Å². The van der Waals surface area contributed by atoms with Gasteiger partial charge in [0.1, 0.15) is 0 Å². The second-order valence-corrected chi connectivity index (χ2v) is 4.05. The number of aromatic nitrogens is 2. The Kier molecular flexibility index (Phi) is 2.12. The molecule has 1 unspecified atom stereocenters. The molecule has 2 rings (SSSR count). The number of nitrogens with two attached hydrogens (primary N) is 1. The van der Waals surface area contributed by atoms with Crippen LogP contribution >= 0.6 is 0 Å². The van der Waals surface area contributed by atoms with E-state index < -0.39 is 0 Å². The van der Waals surface area contributed by atoms with Crippen molar-refractivity contribution in [3.8, 4) is 0 Å². The van der Waals surface area contributed by atoms with E-state index in [1.165, 1.54) is 17.8 Å². The number of fused-ring (bicyclic) bond motifs is 1. The molecule has 0 bridgehead atoms. The normalized spacial score (nSPS) is 21.1. The van der Waals surface area contributed by atoms with E-state index in [2.05, 4.69) is 23.4 Å². The molecular formula is C10H17N3. The first-order valence-electron chi connectivity index (χ1n) is 4.99. The molecule has 13 heavy (non-hydrogen) atoms. The van der Waals surface area contributed by atoms with E-state index in [0.29, 0.717) is 12.0 Å². The molecule has 1 aromatic heterocycles. The van der Waals surface area contributed by atoms with Gasteiger partial charge < -0.3 is 10.3 Å². The molecule has 0 saturated carbocycles. The van der Waals surface area contributed by atoms with Crippen molar-refractivity contribution in [3.05, 3.63) is 17.7 Å². The van der Waals surface area contributed by atoms with Gasteiger partial charge in [-0.3, -0.25) is 0 Å². The summed E-state index contributed by atoms with van der Waals surface area (Å²) in [6.07, 6.45) is 4.25. The molecule has 1 atom stereocenters. The van der Waals surface area contributed by atoms with Crippen LogP contribution in [0.5, 0.6) is 0 Å². The Balaban J connectivity index is 2.40. The van der Waals surface area contributed by atoms with Crippen LogP contribution in [0.4, 0.5) is 0 Å². The van der Waals surface area contributed by atoms with Gasteiger partial charge in [-0.2, -0.15) is 0 Å². The maximum atomic E-state index is 5.74. The molecule has 0 amide bonds. The van der Waals surface area contributed by atoms with E-state index in [1.54, 1.807) is 0 Å². The molecule has 0 aromatic carbocycles. The largest absolute Gasteiger partial charge is 0.331 e. The lowest BCUT2D eigenvalue weighted by Gasteiger charge is -2.15. The van der Waals surface area contributed by atoms with Crippen LogP contribution in [0.2, 0.25) is 0 Å². The fourth-order valence-corrected chi connectivity index (χ4v) is 2.14. The first kappa shape index (κ1) is 8.75. The molecule has 3 nitrogen and oxygen atoms in total. The number of nitrogens with zero attached hydrogens (tertiary/aromatic N) is 2. The fourth-order valence-electron chi connectivity index (χ4n) is 2.14. The SMILES string of the molecule is CC(C)n1cnc2c1C(CN)CC2. The van der Waals surface area contributed by atoms with E-state index >= 15 is 0 Å². The van der Waals surface area contributed by atoms with Crippen molar-refractivity contribution in [1.29, 1.82) is 0 Å². The maximum Gasteiger partial charge on any atom is 0.0954 e. The molecule has 0 aliphatic heterocycles. The van der Waals surface area contributed by atoms with Crippen molar-refractivity contribution >= 4 is 0 Å². The van der Waals surface area contributed by atoms with Crippen molar-refractivity contribution < 1.29 is 0 Å². The number of hydrogen-bond donors (Lipinski definition) is 1. The van der Waals surface area contributed by atoms with E-state index in [0.717, 1.165) is 13.0 Å². The van der Waals surface area contributed by atoms with Crippen LogP contribution in [0, 0.1) is 0 Å². The van der Waals surface area contributed by atoms with Crippen LogP contribution in [0.1, 0.15) is 43.6 Å². The minimum atomic E-state index is 0.503. The summed E-state index contributed by atoms with van der Waals surface area (Å²) in [5.74, 6) is 0.542. The highest BCUT2D eigenvalue weighted by atomic mass is 15.1. The molecule has 0 saturated heterocycles. The van der Waals surface area contributed by atoms with Crippen LogP contribution in [0.25, 0.3) is 0 Å². The van der Waals surface area contributed by atoms with E-state index in [-0.39, 0.29) is 0 Å². The molecule has 1 aromatic rings. The van der Waals surface area contributed by atoms with Crippen LogP contribution in [-0.4, -0.2) is 16.1 Å². The van der Waals surface area contributed by atoms with Crippen LogP contribution in [0.15, 0.2) is 6.33 Å². The summed E-state index contributed by atoms with van der Waals surface area (Å²) in [7, 11) is 0. The molecule has 1 aliphatic carbocycles. The third kappa shape index (κ3) is 1.27. The topological polar surface area (TPSA) is 43.8 Å². The van der Waals surface area contributed by atoms with Gasteiger partial charge in [0.15, 0.2) is 0 Å². The third-order valence-electron chi connectivity index (χ3n) is 2.87. The average Bonchev–Trinajstić information content (AvgIpc) is 2.61. The molecule has 3 heteroatoms. The van der Waals surface area contributed by atoms with Crippen molar-refractivity contribution in [2.75, 3.05) is 6.54 Å². The monoisotopic (exact) mass is 179 g/mol. The standard InChI is InChI=1S/C10H17N3/c1-7(2)13-6-12-9-4-3-8(5-11)10(9)13/h6-8H,3-5,11H2,1-2H3. The average molecular weight is 179 g/mol. The minimum Gasteiger partial charge on any atom is -0.331 e. The fraction of sp³-hybridized carbons (Fsp3) is 0.700. The van der Waals surface area contributed by atoms with Gasteiger partial charge in [0.2, 0.25) is 0 Å². The Bertz CT molecular complexity index is 301. The zero-order valence-corrected chi connectivity index (χ0v) is 8.33. The number of imidazole rings is 1. The Morgan fingerprint density at radius 3 is 3.08 bits per heavy atom. The highest BCUT2D eigenvalue weighted by molar-refractivity contribution is 5.25. The zero-order valence-electron chi connectivity index (χ0n) is 8.33. The molecule has 2 N–H and O–H groups in total. The molecule has 1 heterocycles. The van der Waals surface area contributed by atoms with E-state index in [4.69, 9.17) is 5.73 Å². The predicted molar refractivity (Wildman–Crippen MR) is 52.7 cm³/mol. The van der Waals surface area contributed by atoms with Crippen molar-refractivity contribution in [2.45, 2.75) is 38.6 Å². The van der Waals surface area contributed by atoms with E-state index in [1.807, 2.05) is 6.33 Å². The molecule has 0 radical (unpaired) electrons. The highest BCUT2D eigenvalue weighted by Crippen LogP contribution is 2.32. The quantitative estimate of drug-likeness (QED) is 0.746.